The fourth-order valence-corrected chi connectivity index (χ4v) is 5.89. The minimum Gasteiger partial charge on any atom is -0.352 e. The van der Waals surface area contributed by atoms with Gasteiger partial charge in [0.05, 0.1) is 16.5 Å². The van der Waals surface area contributed by atoms with Gasteiger partial charge in [-0.05, 0) is 24.5 Å². The zero-order valence-corrected chi connectivity index (χ0v) is 14.7. The zero-order chi connectivity index (χ0) is 16.4. The maximum absolute atomic E-state index is 11.9. The molecule has 1 aromatic heterocycles. The highest BCUT2D eigenvalue weighted by molar-refractivity contribution is 7.91. The van der Waals surface area contributed by atoms with Crippen molar-refractivity contribution < 1.29 is 13.2 Å². The molecule has 7 heteroatoms. The van der Waals surface area contributed by atoms with Crippen LogP contribution in [0.15, 0.2) is 30.3 Å². The van der Waals surface area contributed by atoms with Crippen molar-refractivity contribution in [2.45, 2.75) is 6.42 Å². The summed E-state index contributed by atoms with van der Waals surface area (Å²) in [6, 6.07) is 7.82. The van der Waals surface area contributed by atoms with Crippen LogP contribution < -0.4 is 5.32 Å². The molecule has 1 unspecified atom stereocenters. The first kappa shape index (κ1) is 16.5. The summed E-state index contributed by atoms with van der Waals surface area (Å²) < 4.78 is 23.8. The highest BCUT2D eigenvalue weighted by atomic mass is 35.5. The van der Waals surface area contributed by atoms with Crippen molar-refractivity contribution in [2.75, 3.05) is 18.1 Å². The highest BCUT2D eigenvalue weighted by Gasteiger charge is 2.27. The molecule has 1 amide bonds. The van der Waals surface area contributed by atoms with Crippen molar-refractivity contribution in [1.82, 2.24) is 5.32 Å². The number of nitrogens with one attached hydrogen (secondary N) is 1. The van der Waals surface area contributed by atoms with Gasteiger partial charge in [0, 0.05) is 27.6 Å². The zero-order valence-electron chi connectivity index (χ0n) is 12.3. The maximum Gasteiger partial charge on any atom is 0.244 e. The molecule has 1 atom stereocenters. The van der Waals surface area contributed by atoms with Gasteiger partial charge in [0.1, 0.15) is 0 Å². The normalized spacial score (nSPS) is 20.3. The number of thiophene rings is 1. The number of hydrogen-bond acceptors (Lipinski definition) is 4. The summed E-state index contributed by atoms with van der Waals surface area (Å²) >= 11 is 7.84. The molecule has 0 bridgehead atoms. The van der Waals surface area contributed by atoms with Gasteiger partial charge in [-0.2, -0.15) is 0 Å². The minimum absolute atomic E-state index is 0.0188. The van der Waals surface area contributed by atoms with Crippen LogP contribution in [0.5, 0.6) is 0 Å². The van der Waals surface area contributed by atoms with Crippen LogP contribution in [-0.2, 0) is 14.6 Å². The monoisotopic (exact) mass is 369 g/mol. The van der Waals surface area contributed by atoms with Crippen molar-refractivity contribution in [3.63, 3.8) is 0 Å². The van der Waals surface area contributed by atoms with Crippen molar-refractivity contribution >= 4 is 54.8 Å². The third-order valence-electron chi connectivity index (χ3n) is 3.84. The van der Waals surface area contributed by atoms with Crippen LogP contribution in [0.4, 0.5) is 0 Å². The van der Waals surface area contributed by atoms with Crippen LogP contribution in [0.25, 0.3) is 16.2 Å². The van der Waals surface area contributed by atoms with Crippen molar-refractivity contribution in [3.8, 4) is 0 Å². The largest absolute Gasteiger partial charge is 0.352 e. The Morgan fingerprint density at radius 2 is 2.17 bits per heavy atom. The van der Waals surface area contributed by atoms with Gasteiger partial charge >= 0.3 is 0 Å². The molecule has 2 heterocycles. The van der Waals surface area contributed by atoms with Gasteiger partial charge in [-0.1, -0.05) is 29.8 Å². The predicted octanol–water partition coefficient (Wildman–Crippen LogP) is 3.12. The van der Waals surface area contributed by atoms with Crippen molar-refractivity contribution in [3.05, 3.63) is 40.2 Å². The van der Waals surface area contributed by atoms with Crippen LogP contribution >= 0.6 is 22.9 Å². The molecule has 0 spiro atoms. The first-order valence-electron chi connectivity index (χ1n) is 7.28. The Kier molecular flexibility index (Phi) is 4.75. The lowest BCUT2D eigenvalue weighted by atomic mass is 10.1. The number of hydrogen-bond donors (Lipinski definition) is 1. The molecule has 3 rings (SSSR count). The number of benzene rings is 1. The molecule has 1 saturated heterocycles. The number of sulfone groups is 1. The topological polar surface area (TPSA) is 63.2 Å². The summed E-state index contributed by atoms with van der Waals surface area (Å²) in [4.78, 5) is 12.7. The molecule has 1 aromatic carbocycles. The van der Waals surface area contributed by atoms with Gasteiger partial charge in [-0.15, -0.1) is 11.3 Å². The van der Waals surface area contributed by atoms with E-state index in [4.69, 9.17) is 11.6 Å². The van der Waals surface area contributed by atoms with Crippen LogP contribution in [0.1, 0.15) is 11.3 Å². The van der Waals surface area contributed by atoms with Gasteiger partial charge in [0.15, 0.2) is 9.84 Å². The number of rotatable bonds is 4. The van der Waals surface area contributed by atoms with E-state index in [0.29, 0.717) is 18.0 Å². The van der Waals surface area contributed by atoms with Gasteiger partial charge in [0.25, 0.3) is 0 Å². The molecular formula is C16H16ClNO3S2. The third kappa shape index (κ3) is 3.94. The van der Waals surface area contributed by atoms with E-state index in [2.05, 4.69) is 5.32 Å². The number of carbonyl (C=O) groups is 1. The smallest absolute Gasteiger partial charge is 0.244 e. The molecule has 1 aliphatic heterocycles. The van der Waals surface area contributed by atoms with Gasteiger partial charge in [-0.3, -0.25) is 4.79 Å². The average Bonchev–Trinajstić information content (AvgIpc) is 3.03. The van der Waals surface area contributed by atoms with Crippen molar-refractivity contribution in [1.29, 1.82) is 0 Å². The van der Waals surface area contributed by atoms with E-state index >= 15 is 0 Å². The average molecular weight is 370 g/mol. The van der Waals surface area contributed by atoms with E-state index in [1.54, 1.807) is 6.08 Å². The van der Waals surface area contributed by atoms with E-state index in [9.17, 15) is 13.2 Å². The molecule has 4 nitrogen and oxygen atoms in total. The fourth-order valence-electron chi connectivity index (χ4n) is 2.63. The second kappa shape index (κ2) is 6.63. The number of halogens is 1. The molecule has 0 radical (unpaired) electrons. The van der Waals surface area contributed by atoms with E-state index in [-0.39, 0.29) is 23.3 Å². The Labute approximate surface area is 144 Å². The molecule has 1 N–H and O–H groups in total. The molecule has 0 saturated carbocycles. The van der Waals surface area contributed by atoms with E-state index in [1.165, 1.54) is 17.4 Å². The minimum atomic E-state index is -2.90. The molecular weight excluding hydrogens is 354 g/mol. The standard InChI is InChI=1S/C16H16ClNO3S2/c17-16-12-3-1-2-4-13(12)22-14(16)5-6-15(19)18-9-11-7-8-23(20,21)10-11/h1-6,11H,7-10H2,(H,18,19). The molecule has 23 heavy (non-hydrogen) atoms. The van der Waals surface area contributed by atoms with Crippen LogP contribution in [0.3, 0.4) is 0 Å². The molecule has 1 fully saturated rings. The summed E-state index contributed by atoms with van der Waals surface area (Å²) in [7, 11) is -2.90. The maximum atomic E-state index is 11.9. The Morgan fingerprint density at radius 1 is 1.39 bits per heavy atom. The van der Waals surface area contributed by atoms with Crippen molar-refractivity contribution in [2.24, 2.45) is 5.92 Å². The van der Waals surface area contributed by atoms with Gasteiger partial charge < -0.3 is 5.32 Å². The quantitative estimate of drug-likeness (QED) is 0.842. The molecule has 0 aliphatic carbocycles. The second-order valence-corrected chi connectivity index (χ2v) is 9.31. The fraction of sp³-hybridized carbons (Fsp3) is 0.312. The lowest BCUT2D eigenvalue weighted by Gasteiger charge is -2.07. The Bertz CT molecular complexity index is 871. The summed E-state index contributed by atoms with van der Waals surface area (Å²) in [5.41, 5.74) is 0. The number of fused-ring (bicyclic) bond motifs is 1. The number of amides is 1. The lowest BCUT2D eigenvalue weighted by Crippen LogP contribution is -2.28. The summed E-state index contributed by atoms with van der Waals surface area (Å²) in [6.45, 7) is 0.391. The van der Waals surface area contributed by atoms with Gasteiger partial charge in [0.2, 0.25) is 5.91 Å². The van der Waals surface area contributed by atoms with E-state index in [1.807, 2.05) is 24.3 Å². The van der Waals surface area contributed by atoms with Crippen LogP contribution in [-0.4, -0.2) is 32.4 Å². The Balaban J connectivity index is 1.61. The van der Waals surface area contributed by atoms with Gasteiger partial charge in [-0.25, -0.2) is 8.42 Å². The SMILES string of the molecule is O=C(C=Cc1sc2ccccc2c1Cl)NCC1CCS(=O)(=O)C1. The number of carbonyl (C=O) groups excluding carboxylic acids is 1. The second-order valence-electron chi connectivity index (χ2n) is 5.62. The first-order chi connectivity index (χ1) is 10.9. The molecule has 1 aliphatic rings. The van der Waals surface area contributed by atoms with E-state index in [0.717, 1.165) is 15.0 Å². The first-order valence-corrected chi connectivity index (χ1v) is 10.3. The van der Waals surface area contributed by atoms with Crippen LogP contribution in [0, 0.1) is 5.92 Å². The summed E-state index contributed by atoms with van der Waals surface area (Å²) in [5, 5.41) is 4.39. The third-order valence-corrected chi connectivity index (χ3v) is 7.33. The van der Waals surface area contributed by atoms with Crippen LogP contribution in [0.2, 0.25) is 5.02 Å². The summed E-state index contributed by atoms with van der Waals surface area (Å²) in [6.07, 6.45) is 3.77. The molecule has 122 valence electrons. The van der Waals surface area contributed by atoms with E-state index < -0.39 is 9.84 Å². The highest BCUT2D eigenvalue weighted by Crippen LogP contribution is 2.35. The lowest BCUT2D eigenvalue weighted by molar-refractivity contribution is -0.116. The molecule has 2 aromatic rings. The predicted molar refractivity (Wildman–Crippen MR) is 95.6 cm³/mol. The Morgan fingerprint density at radius 3 is 2.87 bits per heavy atom. The Hall–Kier alpha value is -1.37. The summed E-state index contributed by atoms with van der Waals surface area (Å²) in [5.74, 6) is 0.174.